The number of halogens is 1. The second-order valence-corrected chi connectivity index (χ2v) is 9.50. The molecular formula is C24H24FNO4S. The Kier molecular flexibility index (Phi) is 6.36. The van der Waals surface area contributed by atoms with E-state index in [-0.39, 0.29) is 23.8 Å². The third kappa shape index (κ3) is 5.12. The van der Waals surface area contributed by atoms with Crippen LogP contribution < -0.4 is 4.74 Å². The summed E-state index contributed by atoms with van der Waals surface area (Å²) in [5, 5.41) is 0. The predicted octanol–water partition coefficient (Wildman–Crippen LogP) is 4.43. The van der Waals surface area contributed by atoms with Crippen molar-refractivity contribution in [2.24, 2.45) is 0 Å². The third-order valence-corrected chi connectivity index (χ3v) is 7.04. The Labute approximate surface area is 182 Å². The number of sulfonamides is 1. The van der Waals surface area contributed by atoms with Crippen LogP contribution in [0.4, 0.5) is 4.39 Å². The van der Waals surface area contributed by atoms with Crippen LogP contribution in [-0.4, -0.2) is 25.9 Å². The molecule has 0 radical (unpaired) electrons. The number of nitrogens with zero attached hydrogens (tertiary/aromatic N) is 1. The molecule has 0 saturated carbocycles. The first-order valence-corrected chi connectivity index (χ1v) is 11.5. The lowest BCUT2D eigenvalue weighted by atomic mass is 10.1. The number of rotatable bonds is 6. The van der Waals surface area contributed by atoms with E-state index in [1.54, 1.807) is 36.4 Å². The highest BCUT2D eigenvalue weighted by Gasteiger charge is 2.27. The average molecular weight is 442 g/mol. The van der Waals surface area contributed by atoms with Gasteiger partial charge in [0.1, 0.15) is 18.2 Å². The monoisotopic (exact) mass is 441 g/mol. The summed E-state index contributed by atoms with van der Waals surface area (Å²) >= 11 is 0. The van der Waals surface area contributed by atoms with E-state index >= 15 is 0 Å². The van der Waals surface area contributed by atoms with E-state index in [2.05, 4.69) is 0 Å². The number of hydrogen-bond acceptors (Lipinski definition) is 4. The predicted molar refractivity (Wildman–Crippen MR) is 116 cm³/mol. The molecule has 0 spiro atoms. The Bertz CT molecular complexity index is 1150. The van der Waals surface area contributed by atoms with Gasteiger partial charge in [-0.05, 0) is 54.4 Å². The lowest BCUT2D eigenvalue weighted by Gasteiger charge is -2.20. The molecule has 0 atom stereocenters. The summed E-state index contributed by atoms with van der Waals surface area (Å²) in [5.41, 5.74) is 3.61. The van der Waals surface area contributed by atoms with Gasteiger partial charge < -0.3 is 9.47 Å². The van der Waals surface area contributed by atoms with E-state index in [1.807, 2.05) is 25.1 Å². The topological polar surface area (TPSA) is 55.8 Å². The van der Waals surface area contributed by atoms with Gasteiger partial charge in [0.2, 0.25) is 10.0 Å². The van der Waals surface area contributed by atoms with Crippen LogP contribution in [0.3, 0.4) is 0 Å². The molecule has 0 N–H and O–H groups in total. The summed E-state index contributed by atoms with van der Waals surface area (Å²) in [4.78, 5) is 0.278. The minimum atomic E-state index is -3.62. The SMILES string of the molecule is Cc1ccc(S(=O)(=O)N2CCOc3ccc(COCc4ccc(F)cc4)cc3C2)cc1. The van der Waals surface area contributed by atoms with E-state index < -0.39 is 10.0 Å². The summed E-state index contributed by atoms with van der Waals surface area (Å²) in [5.74, 6) is 0.406. The van der Waals surface area contributed by atoms with Crippen molar-refractivity contribution in [2.75, 3.05) is 13.2 Å². The van der Waals surface area contributed by atoms with Gasteiger partial charge in [-0.1, -0.05) is 35.9 Å². The normalized spacial score (nSPS) is 14.5. The number of benzene rings is 3. The van der Waals surface area contributed by atoms with Crippen molar-refractivity contribution in [1.29, 1.82) is 0 Å². The van der Waals surface area contributed by atoms with Gasteiger partial charge in [0, 0.05) is 18.7 Å². The maximum absolute atomic E-state index is 13.1. The van der Waals surface area contributed by atoms with E-state index in [0.29, 0.717) is 25.6 Å². The first-order valence-electron chi connectivity index (χ1n) is 10.1. The van der Waals surface area contributed by atoms with Gasteiger partial charge in [-0.3, -0.25) is 0 Å². The number of hydrogen-bond donors (Lipinski definition) is 0. The molecule has 0 bridgehead atoms. The molecule has 4 rings (SSSR count). The highest BCUT2D eigenvalue weighted by Crippen LogP contribution is 2.28. The van der Waals surface area contributed by atoms with E-state index in [0.717, 1.165) is 22.3 Å². The molecule has 7 heteroatoms. The van der Waals surface area contributed by atoms with Gasteiger partial charge in [0.25, 0.3) is 0 Å². The van der Waals surface area contributed by atoms with Crippen molar-refractivity contribution >= 4 is 10.0 Å². The molecule has 162 valence electrons. The molecule has 3 aromatic rings. The number of ether oxygens (including phenoxy) is 2. The standard InChI is InChI=1S/C24H24FNO4S/c1-18-2-9-23(10-3-18)31(27,28)26-12-13-30-24-11-6-20(14-21(24)15-26)17-29-16-19-4-7-22(25)8-5-19/h2-11,14H,12-13,15-17H2,1H3. The van der Waals surface area contributed by atoms with Crippen LogP contribution in [0.25, 0.3) is 0 Å². The molecule has 3 aromatic carbocycles. The molecule has 1 aliphatic heterocycles. The van der Waals surface area contributed by atoms with E-state index in [4.69, 9.17) is 9.47 Å². The molecule has 31 heavy (non-hydrogen) atoms. The van der Waals surface area contributed by atoms with Gasteiger partial charge in [0.05, 0.1) is 18.1 Å². The quantitative estimate of drug-likeness (QED) is 0.568. The largest absolute Gasteiger partial charge is 0.492 e. The molecule has 0 unspecified atom stereocenters. The van der Waals surface area contributed by atoms with Crippen molar-refractivity contribution < 1.29 is 22.3 Å². The molecule has 1 heterocycles. The molecule has 1 aliphatic rings. The van der Waals surface area contributed by atoms with Gasteiger partial charge >= 0.3 is 0 Å². The van der Waals surface area contributed by atoms with Crippen LogP contribution in [-0.2, 0) is 34.5 Å². The van der Waals surface area contributed by atoms with Gasteiger partial charge in [-0.2, -0.15) is 4.31 Å². The lowest BCUT2D eigenvalue weighted by Crippen LogP contribution is -2.32. The lowest BCUT2D eigenvalue weighted by molar-refractivity contribution is 0.107. The zero-order valence-corrected chi connectivity index (χ0v) is 18.1. The maximum Gasteiger partial charge on any atom is 0.243 e. The van der Waals surface area contributed by atoms with Crippen molar-refractivity contribution in [3.05, 3.63) is 94.8 Å². The van der Waals surface area contributed by atoms with Crippen molar-refractivity contribution in [3.63, 3.8) is 0 Å². The zero-order chi connectivity index (χ0) is 21.8. The molecule has 0 fully saturated rings. The van der Waals surface area contributed by atoms with Crippen LogP contribution in [0.1, 0.15) is 22.3 Å². The van der Waals surface area contributed by atoms with Crippen LogP contribution >= 0.6 is 0 Å². The van der Waals surface area contributed by atoms with Crippen LogP contribution in [0.15, 0.2) is 71.6 Å². The highest BCUT2D eigenvalue weighted by atomic mass is 32.2. The van der Waals surface area contributed by atoms with Crippen LogP contribution in [0.2, 0.25) is 0 Å². The van der Waals surface area contributed by atoms with Gasteiger partial charge in [-0.15, -0.1) is 0 Å². The van der Waals surface area contributed by atoms with Crippen molar-refractivity contribution in [3.8, 4) is 5.75 Å². The second-order valence-electron chi connectivity index (χ2n) is 7.56. The fraction of sp³-hybridized carbons (Fsp3) is 0.250. The molecule has 0 aliphatic carbocycles. The molecule has 0 amide bonds. The van der Waals surface area contributed by atoms with E-state index in [1.165, 1.54) is 16.4 Å². The van der Waals surface area contributed by atoms with Crippen molar-refractivity contribution in [1.82, 2.24) is 4.31 Å². The molecule has 0 saturated heterocycles. The number of fused-ring (bicyclic) bond motifs is 1. The second kappa shape index (κ2) is 9.18. The molecule has 0 aromatic heterocycles. The molecule has 5 nitrogen and oxygen atoms in total. The van der Waals surface area contributed by atoms with Crippen molar-refractivity contribution in [2.45, 2.75) is 31.6 Å². The third-order valence-electron chi connectivity index (χ3n) is 5.18. The first kappa shape index (κ1) is 21.5. The summed E-state index contributed by atoms with van der Waals surface area (Å²) in [7, 11) is -3.62. The summed E-state index contributed by atoms with van der Waals surface area (Å²) < 4.78 is 52.2. The highest BCUT2D eigenvalue weighted by molar-refractivity contribution is 7.89. The summed E-state index contributed by atoms with van der Waals surface area (Å²) in [6.07, 6.45) is 0. The Hall–Kier alpha value is -2.74. The Balaban J connectivity index is 1.47. The minimum Gasteiger partial charge on any atom is -0.492 e. The Morgan fingerprint density at radius 3 is 2.39 bits per heavy atom. The zero-order valence-electron chi connectivity index (χ0n) is 17.3. The van der Waals surface area contributed by atoms with Gasteiger partial charge in [-0.25, -0.2) is 12.8 Å². The fourth-order valence-corrected chi connectivity index (χ4v) is 4.85. The average Bonchev–Trinajstić information content (AvgIpc) is 2.98. The van der Waals surface area contributed by atoms with Crippen LogP contribution in [0, 0.1) is 12.7 Å². The molecular weight excluding hydrogens is 417 g/mol. The summed E-state index contributed by atoms with van der Waals surface area (Å²) in [6, 6.07) is 18.7. The smallest absolute Gasteiger partial charge is 0.243 e. The fourth-order valence-electron chi connectivity index (χ4n) is 3.45. The van der Waals surface area contributed by atoms with E-state index in [9.17, 15) is 12.8 Å². The van der Waals surface area contributed by atoms with Gasteiger partial charge in [0.15, 0.2) is 0 Å². The first-order chi connectivity index (χ1) is 14.9. The Morgan fingerprint density at radius 1 is 0.968 bits per heavy atom. The maximum atomic E-state index is 13.1. The van der Waals surface area contributed by atoms with Crippen LogP contribution in [0.5, 0.6) is 5.75 Å². The minimum absolute atomic E-state index is 0.233. The number of aryl methyl sites for hydroxylation is 1. The Morgan fingerprint density at radius 2 is 1.65 bits per heavy atom. The summed E-state index contributed by atoms with van der Waals surface area (Å²) in [6.45, 7) is 3.44.